The number of fused-ring (bicyclic) bond motifs is 3. The van der Waals surface area contributed by atoms with Crippen molar-refractivity contribution in [2.24, 2.45) is 0 Å². The van der Waals surface area contributed by atoms with Gasteiger partial charge in [0.2, 0.25) is 0 Å². The molecule has 0 fully saturated rings. The average Bonchev–Trinajstić information content (AvgIpc) is 2.30. The first kappa shape index (κ1) is 10.5. The van der Waals surface area contributed by atoms with Crippen LogP contribution in [-0.2, 0) is 12.8 Å². The highest BCUT2D eigenvalue weighted by Gasteiger charge is 2.17. The number of hydrogen-bond donors (Lipinski definition) is 0. The number of hydrogen-bond acceptors (Lipinski definition) is 0. The van der Waals surface area contributed by atoms with Gasteiger partial charge in [-0.3, -0.25) is 0 Å². The quantitative estimate of drug-likeness (QED) is 0.631. The van der Waals surface area contributed by atoms with Crippen LogP contribution >= 0.6 is 0 Å². The smallest absolute Gasteiger partial charge is 0.126 e. The molecule has 1 heteroatoms. The van der Waals surface area contributed by atoms with Gasteiger partial charge in [0.25, 0.3) is 0 Å². The highest BCUT2D eigenvalue weighted by Crippen LogP contribution is 2.35. The van der Waals surface area contributed by atoms with E-state index in [0.717, 1.165) is 24.0 Å². The second kappa shape index (κ2) is 3.69. The van der Waals surface area contributed by atoms with Crippen LogP contribution in [0.4, 0.5) is 4.39 Å². The van der Waals surface area contributed by atoms with Gasteiger partial charge in [0.1, 0.15) is 5.82 Å². The molecule has 0 N–H and O–H groups in total. The Bertz CT molecular complexity index is 597. The fraction of sp³-hybridized carbons (Fsp3) is 0.250. The van der Waals surface area contributed by atoms with Crippen LogP contribution in [0.1, 0.15) is 22.3 Å². The molecule has 0 radical (unpaired) electrons. The van der Waals surface area contributed by atoms with Crippen LogP contribution in [-0.4, -0.2) is 0 Å². The van der Waals surface area contributed by atoms with Gasteiger partial charge < -0.3 is 0 Å². The summed E-state index contributed by atoms with van der Waals surface area (Å²) >= 11 is 0. The van der Waals surface area contributed by atoms with Crippen LogP contribution in [0.15, 0.2) is 30.3 Å². The number of aryl methyl sites for hydroxylation is 4. The second-order valence-corrected chi connectivity index (χ2v) is 4.92. The molecule has 17 heavy (non-hydrogen) atoms. The maximum Gasteiger partial charge on any atom is 0.126 e. The average molecular weight is 226 g/mol. The molecule has 3 rings (SSSR count). The summed E-state index contributed by atoms with van der Waals surface area (Å²) in [4.78, 5) is 0. The van der Waals surface area contributed by atoms with Crippen LogP contribution in [0.3, 0.4) is 0 Å². The molecule has 86 valence electrons. The molecule has 2 aromatic rings. The minimum absolute atomic E-state index is 0.0998. The van der Waals surface area contributed by atoms with E-state index in [1.165, 1.54) is 22.3 Å². The van der Waals surface area contributed by atoms with Gasteiger partial charge in [-0.2, -0.15) is 0 Å². The lowest BCUT2D eigenvalue weighted by Gasteiger charge is -2.21. The molecule has 2 aromatic carbocycles. The number of halogens is 1. The Hall–Kier alpha value is -1.63. The lowest BCUT2D eigenvalue weighted by Crippen LogP contribution is -2.05. The van der Waals surface area contributed by atoms with Crippen LogP contribution in [0.25, 0.3) is 11.1 Å². The predicted molar refractivity (Wildman–Crippen MR) is 68.7 cm³/mol. The van der Waals surface area contributed by atoms with E-state index in [1.807, 2.05) is 13.0 Å². The molecule has 0 unspecified atom stereocenters. The third-order valence-electron chi connectivity index (χ3n) is 3.60. The Morgan fingerprint density at radius 1 is 0.882 bits per heavy atom. The molecule has 0 saturated carbocycles. The van der Waals surface area contributed by atoms with Crippen molar-refractivity contribution in [1.29, 1.82) is 0 Å². The normalized spacial score (nSPS) is 13.1. The SMILES string of the molecule is Cc1ccc2c(c1)CCc1cc(C)c(F)cc1-2. The van der Waals surface area contributed by atoms with Crippen molar-refractivity contribution < 1.29 is 4.39 Å². The molecule has 0 aromatic heterocycles. The summed E-state index contributed by atoms with van der Waals surface area (Å²) in [7, 11) is 0. The minimum atomic E-state index is -0.0998. The maximum absolute atomic E-state index is 13.7. The zero-order valence-corrected chi connectivity index (χ0v) is 10.2. The molecule has 0 atom stereocenters. The highest BCUT2D eigenvalue weighted by atomic mass is 19.1. The van der Waals surface area contributed by atoms with E-state index in [2.05, 4.69) is 25.1 Å². The van der Waals surface area contributed by atoms with Crippen LogP contribution < -0.4 is 0 Å². The van der Waals surface area contributed by atoms with E-state index >= 15 is 0 Å². The van der Waals surface area contributed by atoms with Gasteiger partial charge in [-0.1, -0.05) is 29.8 Å². The van der Waals surface area contributed by atoms with Crippen molar-refractivity contribution in [3.8, 4) is 11.1 Å². The largest absolute Gasteiger partial charge is 0.207 e. The van der Waals surface area contributed by atoms with E-state index < -0.39 is 0 Å². The zero-order chi connectivity index (χ0) is 12.0. The molecule has 0 spiro atoms. The van der Waals surface area contributed by atoms with E-state index in [9.17, 15) is 4.39 Å². The Balaban J connectivity index is 2.25. The van der Waals surface area contributed by atoms with Crippen molar-refractivity contribution in [3.63, 3.8) is 0 Å². The van der Waals surface area contributed by atoms with E-state index in [-0.39, 0.29) is 5.82 Å². The molecule has 1 aliphatic carbocycles. The summed E-state index contributed by atoms with van der Waals surface area (Å²) in [6.07, 6.45) is 2.09. The molecule has 0 saturated heterocycles. The Morgan fingerprint density at radius 3 is 2.35 bits per heavy atom. The van der Waals surface area contributed by atoms with E-state index in [4.69, 9.17) is 0 Å². The Labute approximate surface area is 101 Å². The zero-order valence-electron chi connectivity index (χ0n) is 10.2. The van der Waals surface area contributed by atoms with Crippen LogP contribution in [0.5, 0.6) is 0 Å². The lowest BCUT2D eigenvalue weighted by molar-refractivity contribution is 0.617. The van der Waals surface area contributed by atoms with Crippen molar-refractivity contribution in [1.82, 2.24) is 0 Å². The van der Waals surface area contributed by atoms with Crippen molar-refractivity contribution in [2.75, 3.05) is 0 Å². The van der Waals surface area contributed by atoms with Crippen molar-refractivity contribution in [2.45, 2.75) is 26.7 Å². The fourth-order valence-electron chi connectivity index (χ4n) is 2.66. The number of rotatable bonds is 0. The molecule has 0 nitrogen and oxygen atoms in total. The number of benzene rings is 2. The maximum atomic E-state index is 13.7. The summed E-state index contributed by atoms with van der Waals surface area (Å²) in [5.74, 6) is -0.0998. The second-order valence-electron chi connectivity index (χ2n) is 4.92. The molecule has 1 aliphatic rings. The van der Waals surface area contributed by atoms with Gasteiger partial charge >= 0.3 is 0 Å². The third kappa shape index (κ3) is 1.66. The molecule has 0 bridgehead atoms. The summed E-state index contributed by atoms with van der Waals surface area (Å²) in [5, 5.41) is 0. The first-order valence-corrected chi connectivity index (χ1v) is 6.04. The standard InChI is InChI=1S/C16H15F/c1-10-3-6-14-12(7-10)4-5-13-8-11(2)16(17)9-15(13)14/h3,6-9H,4-5H2,1-2H3. The molecule has 0 aliphatic heterocycles. The Morgan fingerprint density at radius 2 is 1.59 bits per heavy atom. The summed E-state index contributed by atoms with van der Waals surface area (Å²) in [6, 6.07) is 10.1. The van der Waals surface area contributed by atoms with Gasteiger partial charge in [0, 0.05) is 0 Å². The lowest BCUT2D eigenvalue weighted by atomic mass is 9.84. The summed E-state index contributed by atoms with van der Waals surface area (Å²) in [5.41, 5.74) is 6.94. The minimum Gasteiger partial charge on any atom is -0.207 e. The molecular formula is C16H15F. The van der Waals surface area contributed by atoms with Crippen LogP contribution in [0, 0.1) is 19.7 Å². The predicted octanol–water partition coefficient (Wildman–Crippen LogP) is 4.21. The topological polar surface area (TPSA) is 0 Å². The summed E-state index contributed by atoms with van der Waals surface area (Å²) < 4.78 is 13.7. The van der Waals surface area contributed by atoms with E-state index in [0.29, 0.717) is 0 Å². The first-order valence-electron chi connectivity index (χ1n) is 6.04. The highest BCUT2D eigenvalue weighted by molar-refractivity contribution is 5.73. The van der Waals surface area contributed by atoms with Crippen LogP contribution in [0.2, 0.25) is 0 Å². The van der Waals surface area contributed by atoms with Gasteiger partial charge in [-0.25, -0.2) is 4.39 Å². The van der Waals surface area contributed by atoms with Crippen molar-refractivity contribution >= 4 is 0 Å². The summed E-state index contributed by atoms with van der Waals surface area (Å²) in [6.45, 7) is 3.94. The van der Waals surface area contributed by atoms with Gasteiger partial charge in [-0.15, -0.1) is 0 Å². The van der Waals surface area contributed by atoms with Crippen molar-refractivity contribution in [3.05, 3.63) is 58.4 Å². The van der Waals surface area contributed by atoms with Gasteiger partial charge in [0.15, 0.2) is 0 Å². The monoisotopic (exact) mass is 226 g/mol. The Kier molecular flexibility index (Phi) is 2.29. The molecule has 0 heterocycles. The van der Waals surface area contributed by atoms with E-state index in [1.54, 1.807) is 6.07 Å². The third-order valence-corrected chi connectivity index (χ3v) is 3.60. The first-order chi connectivity index (χ1) is 8.15. The van der Waals surface area contributed by atoms with Gasteiger partial charge in [0.05, 0.1) is 0 Å². The van der Waals surface area contributed by atoms with Gasteiger partial charge in [-0.05, 0) is 60.6 Å². The fourth-order valence-corrected chi connectivity index (χ4v) is 2.66. The molecule has 0 amide bonds. The molecular weight excluding hydrogens is 211 g/mol.